The molecule has 2 heterocycles. The van der Waals surface area contributed by atoms with Crippen LogP contribution in [-0.4, -0.2) is 25.2 Å². The zero-order valence-corrected chi connectivity index (χ0v) is 21.3. The van der Waals surface area contributed by atoms with E-state index in [0.29, 0.717) is 36.5 Å². The van der Waals surface area contributed by atoms with Crippen LogP contribution in [0.2, 0.25) is 0 Å². The lowest BCUT2D eigenvalue weighted by molar-refractivity contribution is -0.432. The van der Waals surface area contributed by atoms with Gasteiger partial charge in [-0.25, -0.2) is 17.9 Å². The van der Waals surface area contributed by atoms with Gasteiger partial charge in [0.1, 0.15) is 28.6 Å². The molecule has 218 valence electrons. The molecule has 2 fully saturated rings. The van der Waals surface area contributed by atoms with Crippen LogP contribution < -0.4 is 0 Å². The Labute approximate surface area is 229 Å². The third kappa shape index (κ3) is 5.87. The van der Waals surface area contributed by atoms with Crippen LogP contribution in [0.25, 0.3) is 23.3 Å². The predicted molar refractivity (Wildman–Crippen MR) is 130 cm³/mol. The average Bonchev–Trinajstić information content (AvgIpc) is 3.43. The van der Waals surface area contributed by atoms with E-state index < -0.39 is 52.6 Å². The lowest BCUT2D eigenvalue weighted by atomic mass is 10.00. The molecule has 2 bridgehead atoms. The van der Waals surface area contributed by atoms with Gasteiger partial charge < -0.3 is 14.2 Å². The van der Waals surface area contributed by atoms with Crippen molar-refractivity contribution in [2.75, 3.05) is 13.2 Å². The molecule has 41 heavy (non-hydrogen) atoms. The van der Waals surface area contributed by atoms with E-state index in [2.05, 4.69) is 11.7 Å². The van der Waals surface area contributed by atoms with Crippen LogP contribution in [0.5, 0.6) is 0 Å². The summed E-state index contributed by atoms with van der Waals surface area (Å²) in [6, 6.07) is 11.4. The molecular formula is C29H22F8O4. The van der Waals surface area contributed by atoms with Gasteiger partial charge in [0.25, 0.3) is 0 Å². The Kier molecular flexibility index (Phi) is 7.48. The van der Waals surface area contributed by atoms with E-state index in [9.17, 15) is 35.1 Å². The minimum Gasteiger partial charge on any atom is -0.320 e. The first-order valence-corrected chi connectivity index (χ1v) is 12.5. The zero-order valence-electron chi connectivity index (χ0n) is 21.3. The minimum absolute atomic E-state index is 0.305. The fraction of sp³-hybridized carbons (Fsp3) is 0.310. The third-order valence-corrected chi connectivity index (χ3v) is 6.72. The highest BCUT2D eigenvalue weighted by Crippen LogP contribution is 2.48. The van der Waals surface area contributed by atoms with Crippen molar-refractivity contribution in [1.82, 2.24) is 0 Å². The molecule has 0 aromatic heterocycles. The SMILES string of the molecule is CCCC12COC(c3ccc(/C=C/c4ccc(-c5cc(F)c(C(F)(F)OC(F)(F)F)c(F)c5)c(F)c4)cc3)(OC1)O2. The second-order valence-corrected chi connectivity index (χ2v) is 9.74. The number of ether oxygens (including phenoxy) is 4. The highest BCUT2D eigenvalue weighted by Gasteiger charge is 2.59. The number of benzene rings is 3. The van der Waals surface area contributed by atoms with Gasteiger partial charge in [-0.1, -0.05) is 61.9 Å². The number of rotatable bonds is 8. The number of halogens is 8. The van der Waals surface area contributed by atoms with Crippen LogP contribution in [0.1, 0.15) is 42.0 Å². The molecule has 3 aromatic rings. The molecule has 0 spiro atoms. The van der Waals surface area contributed by atoms with Crippen LogP contribution in [0, 0.1) is 17.5 Å². The number of fused-ring (bicyclic) bond motifs is 2. The fourth-order valence-electron chi connectivity index (χ4n) is 4.88. The fourth-order valence-corrected chi connectivity index (χ4v) is 4.88. The van der Waals surface area contributed by atoms with Crippen molar-refractivity contribution in [2.24, 2.45) is 0 Å². The van der Waals surface area contributed by atoms with Gasteiger partial charge in [-0.3, -0.25) is 0 Å². The molecule has 0 radical (unpaired) electrons. The highest BCUT2D eigenvalue weighted by molar-refractivity contribution is 5.72. The van der Waals surface area contributed by atoms with Crippen LogP contribution in [-0.2, 0) is 31.0 Å². The molecular weight excluding hydrogens is 564 g/mol. The summed E-state index contributed by atoms with van der Waals surface area (Å²) in [4.78, 5) is 0. The number of hydrogen-bond donors (Lipinski definition) is 0. The largest absolute Gasteiger partial charge is 0.527 e. The molecule has 4 nitrogen and oxygen atoms in total. The van der Waals surface area contributed by atoms with Crippen molar-refractivity contribution in [1.29, 1.82) is 0 Å². The normalized spacial score (nSPS) is 22.7. The Morgan fingerprint density at radius 1 is 0.805 bits per heavy atom. The van der Waals surface area contributed by atoms with Gasteiger partial charge in [0, 0.05) is 11.1 Å². The molecule has 0 amide bonds. The number of alkyl halides is 5. The van der Waals surface area contributed by atoms with Crippen molar-refractivity contribution in [2.45, 2.75) is 43.8 Å². The molecule has 0 atom stereocenters. The molecule has 5 rings (SSSR count). The lowest BCUT2D eigenvalue weighted by Crippen LogP contribution is -2.35. The quantitative estimate of drug-likeness (QED) is 0.197. The Hall–Kier alpha value is -3.32. The second kappa shape index (κ2) is 10.5. The second-order valence-electron chi connectivity index (χ2n) is 9.74. The topological polar surface area (TPSA) is 36.9 Å². The molecule has 2 aliphatic heterocycles. The first-order valence-electron chi connectivity index (χ1n) is 12.5. The van der Waals surface area contributed by atoms with Crippen molar-refractivity contribution >= 4 is 12.2 Å². The molecule has 2 aliphatic rings. The third-order valence-electron chi connectivity index (χ3n) is 6.72. The van der Waals surface area contributed by atoms with Crippen LogP contribution in [0.3, 0.4) is 0 Å². The van der Waals surface area contributed by atoms with Crippen molar-refractivity contribution in [3.05, 3.63) is 94.3 Å². The smallest absolute Gasteiger partial charge is 0.320 e. The van der Waals surface area contributed by atoms with Crippen molar-refractivity contribution in [3.63, 3.8) is 0 Å². The molecule has 0 unspecified atom stereocenters. The summed E-state index contributed by atoms with van der Waals surface area (Å²) >= 11 is 0. The van der Waals surface area contributed by atoms with Gasteiger partial charge >= 0.3 is 18.4 Å². The van der Waals surface area contributed by atoms with Gasteiger partial charge in [-0.05, 0) is 41.3 Å². The summed E-state index contributed by atoms with van der Waals surface area (Å²) in [5.74, 6) is -6.26. The molecule has 3 aromatic carbocycles. The summed E-state index contributed by atoms with van der Waals surface area (Å²) in [5.41, 5.74) is -1.75. The first kappa shape index (κ1) is 29.2. The Balaban J connectivity index is 1.31. The van der Waals surface area contributed by atoms with Crippen molar-refractivity contribution < 1.29 is 54.1 Å². The van der Waals surface area contributed by atoms with Gasteiger partial charge in [-0.2, -0.15) is 8.78 Å². The first-order chi connectivity index (χ1) is 19.2. The molecule has 0 N–H and O–H groups in total. The summed E-state index contributed by atoms with van der Waals surface area (Å²) < 4.78 is 128. The standard InChI is InChI=1S/C29H22F8O4/c1-2-11-26-15-38-28(40-26,39-16-26)20-8-5-17(6-9-20)3-4-18-7-10-21(22(30)12-18)19-13-23(31)25(24(32)14-19)27(33,34)41-29(35,36)37/h3-10,12-14H,2,11,15-16H2,1H3/b4-3+. The summed E-state index contributed by atoms with van der Waals surface area (Å²) in [5, 5.41) is 0. The van der Waals surface area contributed by atoms with Gasteiger partial charge in [-0.15, -0.1) is 13.2 Å². The maximum Gasteiger partial charge on any atom is 0.527 e. The van der Waals surface area contributed by atoms with Crippen molar-refractivity contribution in [3.8, 4) is 11.1 Å². The van der Waals surface area contributed by atoms with E-state index in [-0.39, 0.29) is 5.56 Å². The molecule has 0 aliphatic carbocycles. The summed E-state index contributed by atoms with van der Waals surface area (Å²) in [7, 11) is 0. The Morgan fingerprint density at radius 2 is 1.39 bits per heavy atom. The monoisotopic (exact) mass is 586 g/mol. The van der Waals surface area contributed by atoms with Gasteiger partial charge in [0.2, 0.25) is 0 Å². The van der Waals surface area contributed by atoms with Gasteiger partial charge in [0.05, 0.1) is 13.2 Å². The maximum atomic E-state index is 14.8. The van der Waals surface area contributed by atoms with Crippen LogP contribution in [0.4, 0.5) is 35.1 Å². The minimum atomic E-state index is -5.86. The lowest BCUT2D eigenvalue weighted by Gasteiger charge is -2.24. The van der Waals surface area contributed by atoms with E-state index in [0.717, 1.165) is 30.5 Å². The maximum absolute atomic E-state index is 14.8. The van der Waals surface area contributed by atoms with E-state index in [1.165, 1.54) is 6.07 Å². The average molecular weight is 586 g/mol. The van der Waals surface area contributed by atoms with Gasteiger partial charge in [0.15, 0.2) is 0 Å². The zero-order chi connectivity index (χ0) is 29.6. The molecule has 0 saturated carbocycles. The Bertz CT molecular complexity index is 1440. The van der Waals surface area contributed by atoms with E-state index >= 15 is 0 Å². The van der Waals surface area contributed by atoms with E-state index in [4.69, 9.17) is 14.2 Å². The molecule has 2 saturated heterocycles. The molecule has 12 heteroatoms. The predicted octanol–water partition coefficient (Wildman–Crippen LogP) is 8.25. The number of hydrogen-bond acceptors (Lipinski definition) is 4. The summed E-state index contributed by atoms with van der Waals surface area (Å²) in [6.07, 6.45) is -6.21. The van der Waals surface area contributed by atoms with E-state index in [1.54, 1.807) is 36.4 Å². The van der Waals surface area contributed by atoms with Crippen LogP contribution in [0.15, 0.2) is 54.6 Å². The summed E-state index contributed by atoms with van der Waals surface area (Å²) in [6.45, 7) is 2.93. The highest BCUT2D eigenvalue weighted by atomic mass is 19.4. The Morgan fingerprint density at radius 3 is 1.95 bits per heavy atom. The van der Waals surface area contributed by atoms with E-state index in [1.807, 2.05) is 0 Å². The van der Waals surface area contributed by atoms with Crippen LogP contribution >= 0.6 is 0 Å².